The second kappa shape index (κ2) is 8.05. The maximum absolute atomic E-state index is 13.5. The molecule has 0 aliphatic carbocycles. The van der Waals surface area contributed by atoms with E-state index >= 15 is 0 Å². The molecule has 3 aliphatic rings. The number of hydrogen-bond donors (Lipinski definition) is 0. The predicted octanol–water partition coefficient (Wildman–Crippen LogP) is 1.69. The van der Waals surface area contributed by atoms with Crippen LogP contribution >= 0.6 is 0 Å². The van der Waals surface area contributed by atoms with Crippen molar-refractivity contribution in [1.29, 1.82) is 0 Å². The molecule has 3 heterocycles. The highest BCUT2D eigenvalue weighted by atomic mass is 32.2. The fourth-order valence-electron chi connectivity index (χ4n) is 4.21. The summed E-state index contributed by atoms with van der Waals surface area (Å²) in [7, 11) is -3.63. The molecule has 1 fully saturated rings. The first-order valence-electron chi connectivity index (χ1n) is 10.3. The van der Waals surface area contributed by atoms with Crippen LogP contribution in [0.3, 0.4) is 0 Å². The van der Waals surface area contributed by atoms with E-state index in [9.17, 15) is 18.0 Å². The van der Waals surface area contributed by atoms with Crippen molar-refractivity contribution in [2.45, 2.75) is 37.1 Å². The Morgan fingerprint density at radius 1 is 1.06 bits per heavy atom. The standard InChI is InChI=1S/C22H26N4O4S/c1-17-7-9-18(10-8-17)31(29,30)25-12-5-11-24(14-15-25)21(28)22(2)16-20(27)23-19-6-3-4-13-26(19)22/h3-4,6-10,13H,5,11-12,14-16H2,1-2H3/t22-/m1/s1. The lowest BCUT2D eigenvalue weighted by Gasteiger charge is -2.44. The number of allylic oxidation sites excluding steroid dienone is 2. The number of amidine groups is 1. The molecule has 0 N–H and O–H groups in total. The van der Waals surface area contributed by atoms with E-state index in [0.29, 0.717) is 25.3 Å². The van der Waals surface area contributed by atoms with Crippen LogP contribution in [0.25, 0.3) is 0 Å². The molecule has 3 aliphatic heterocycles. The van der Waals surface area contributed by atoms with Crippen LogP contribution in [0, 0.1) is 6.92 Å². The van der Waals surface area contributed by atoms with E-state index in [0.717, 1.165) is 5.56 Å². The number of aryl methyl sites for hydroxylation is 1. The molecule has 0 spiro atoms. The quantitative estimate of drug-likeness (QED) is 0.711. The fraction of sp³-hybridized carbons (Fsp3) is 0.409. The van der Waals surface area contributed by atoms with Crippen molar-refractivity contribution in [3.63, 3.8) is 0 Å². The van der Waals surface area contributed by atoms with E-state index in [2.05, 4.69) is 4.99 Å². The SMILES string of the molecule is Cc1ccc(S(=O)(=O)N2CCCN(C(=O)[C@@]3(C)CC(=O)N=C4C=CC=CN43)CC2)cc1. The first-order chi connectivity index (χ1) is 14.7. The molecule has 4 rings (SSSR count). The van der Waals surface area contributed by atoms with E-state index in [4.69, 9.17) is 0 Å². The minimum absolute atomic E-state index is 0.0185. The molecule has 31 heavy (non-hydrogen) atoms. The van der Waals surface area contributed by atoms with Crippen molar-refractivity contribution in [3.05, 3.63) is 54.3 Å². The third-order valence-electron chi connectivity index (χ3n) is 5.97. The summed E-state index contributed by atoms with van der Waals surface area (Å²) in [6.45, 7) is 4.91. The molecule has 0 saturated carbocycles. The Hall–Kier alpha value is -2.78. The van der Waals surface area contributed by atoms with Gasteiger partial charge in [0.2, 0.25) is 15.9 Å². The van der Waals surface area contributed by atoms with E-state index in [1.807, 2.05) is 6.92 Å². The molecule has 164 valence electrons. The summed E-state index contributed by atoms with van der Waals surface area (Å²) in [4.78, 5) is 33.5. The summed E-state index contributed by atoms with van der Waals surface area (Å²) in [5.74, 6) is -0.0729. The van der Waals surface area contributed by atoms with Gasteiger partial charge in [-0.25, -0.2) is 8.42 Å². The van der Waals surface area contributed by atoms with Crippen LogP contribution in [0.15, 0.2) is 58.6 Å². The zero-order valence-corrected chi connectivity index (χ0v) is 18.5. The molecule has 1 atom stereocenters. The fourth-order valence-corrected chi connectivity index (χ4v) is 5.67. The van der Waals surface area contributed by atoms with E-state index in [1.165, 1.54) is 4.31 Å². The van der Waals surface area contributed by atoms with Gasteiger partial charge in [0, 0.05) is 32.4 Å². The average Bonchev–Trinajstić information content (AvgIpc) is 3.00. The smallest absolute Gasteiger partial charge is 0.250 e. The van der Waals surface area contributed by atoms with Gasteiger partial charge >= 0.3 is 0 Å². The molecule has 8 nitrogen and oxygen atoms in total. The van der Waals surface area contributed by atoms with E-state index < -0.39 is 15.6 Å². The van der Waals surface area contributed by atoms with E-state index in [-0.39, 0.29) is 36.2 Å². The topological polar surface area (TPSA) is 90.4 Å². The van der Waals surface area contributed by atoms with Gasteiger partial charge in [-0.2, -0.15) is 9.30 Å². The summed E-state index contributed by atoms with van der Waals surface area (Å²) in [6, 6.07) is 6.79. The Morgan fingerprint density at radius 3 is 2.55 bits per heavy atom. The van der Waals surface area contributed by atoms with Gasteiger partial charge in [0.1, 0.15) is 11.4 Å². The molecule has 1 saturated heterocycles. The molecule has 0 radical (unpaired) electrons. The van der Waals surface area contributed by atoms with Crippen molar-refractivity contribution in [3.8, 4) is 0 Å². The van der Waals surface area contributed by atoms with Crippen molar-refractivity contribution in [2.24, 2.45) is 4.99 Å². The monoisotopic (exact) mass is 442 g/mol. The molecule has 9 heteroatoms. The minimum atomic E-state index is -3.63. The van der Waals surface area contributed by atoms with Gasteiger partial charge in [-0.1, -0.05) is 23.8 Å². The number of nitrogens with zero attached hydrogens (tertiary/aromatic N) is 4. The Balaban J connectivity index is 1.52. The summed E-state index contributed by atoms with van der Waals surface area (Å²) < 4.78 is 27.6. The van der Waals surface area contributed by atoms with Gasteiger partial charge in [0.05, 0.1) is 11.3 Å². The van der Waals surface area contributed by atoms with E-state index in [1.54, 1.807) is 65.4 Å². The van der Waals surface area contributed by atoms with Crippen LogP contribution in [0.4, 0.5) is 0 Å². The Kier molecular flexibility index (Phi) is 5.57. The summed E-state index contributed by atoms with van der Waals surface area (Å²) >= 11 is 0. The lowest BCUT2D eigenvalue weighted by atomic mass is 9.90. The number of rotatable bonds is 3. The highest BCUT2D eigenvalue weighted by Gasteiger charge is 2.47. The van der Waals surface area contributed by atoms with Crippen molar-refractivity contribution < 1.29 is 18.0 Å². The number of carbonyl (C=O) groups excluding carboxylic acids is 2. The Labute approximate surface area is 182 Å². The van der Waals surface area contributed by atoms with Crippen molar-refractivity contribution in [2.75, 3.05) is 26.2 Å². The molecule has 0 bridgehead atoms. The average molecular weight is 443 g/mol. The van der Waals surface area contributed by atoms with Crippen LogP contribution in [0.2, 0.25) is 0 Å². The highest BCUT2D eigenvalue weighted by Crippen LogP contribution is 2.30. The number of aliphatic imine (C=N–C) groups is 1. The number of benzene rings is 1. The minimum Gasteiger partial charge on any atom is -0.339 e. The lowest BCUT2D eigenvalue weighted by molar-refractivity contribution is -0.143. The van der Waals surface area contributed by atoms with Crippen LogP contribution in [0.5, 0.6) is 0 Å². The summed E-state index contributed by atoms with van der Waals surface area (Å²) in [5.41, 5.74) is -0.0909. The normalized spacial score (nSPS) is 24.6. The number of hydrogen-bond acceptors (Lipinski definition) is 5. The lowest BCUT2D eigenvalue weighted by Crippen LogP contribution is -2.61. The molecule has 0 aromatic heterocycles. The van der Waals surface area contributed by atoms with Gasteiger partial charge < -0.3 is 9.80 Å². The molecular weight excluding hydrogens is 416 g/mol. The largest absolute Gasteiger partial charge is 0.339 e. The second-order valence-electron chi connectivity index (χ2n) is 8.25. The van der Waals surface area contributed by atoms with Crippen molar-refractivity contribution in [1.82, 2.24) is 14.1 Å². The number of carbonyl (C=O) groups is 2. The van der Waals surface area contributed by atoms with Gasteiger partial charge in [-0.3, -0.25) is 9.59 Å². The zero-order valence-electron chi connectivity index (χ0n) is 17.7. The number of sulfonamides is 1. The maximum atomic E-state index is 13.5. The van der Waals surface area contributed by atoms with Crippen LogP contribution in [-0.2, 0) is 19.6 Å². The number of amides is 2. The highest BCUT2D eigenvalue weighted by molar-refractivity contribution is 7.89. The zero-order chi connectivity index (χ0) is 22.2. The van der Waals surface area contributed by atoms with Crippen LogP contribution < -0.4 is 0 Å². The first-order valence-corrected chi connectivity index (χ1v) is 11.8. The molecule has 1 aromatic rings. The first kappa shape index (κ1) is 21.5. The second-order valence-corrected chi connectivity index (χ2v) is 10.2. The third-order valence-corrected chi connectivity index (χ3v) is 7.88. The molecule has 1 aromatic carbocycles. The number of fused-ring (bicyclic) bond motifs is 1. The molecular formula is C22H26N4O4S. The predicted molar refractivity (Wildman–Crippen MR) is 117 cm³/mol. The van der Waals surface area contributed by atoms with Gasteiger partial charge in [-0.05, 0) is 44.6 Å². The van der Waals surface area contributed by atoms with Crippen molar-refractivity contribution >= 4 is 27.7 Å². The van der Waals surface area contributed by atoms with Gasteiger partial charge in [0.15, 0.2) is 0 Å². The Bertz CT molecular complexity index is 1090. The molecule has 0 unspecified atom stereocenters. The molecule has 2 amide bonds. The van der Waals surface area contributed by atoms with Gasteiger partial charge in [-0.15, -0.1) is 0 Å². The van der Waals surface area contributed by atoms with Crippen LogP contribution in [-0.4, -0.2) is 71.9 Å². The third kappa shape index (κ3) is 3.95. The Morgan fingerprint density at radius 2 is 1.81 bits per heavy atom. The summed E-state index contributed by atoms with van der Waals surface area (Å²) in [6.07, 6.45) is 7.56. The van der Waals surface area contributed by atoms with Crippen LogP contribution in [0.1, 0.15) is 25.3 Å². The van der Waals surface area contributed by atoms with Gasteiger partial charge in [0.25, 0.3) is 5.91 Å². The summed E-state index contributed by atoms with van der Waals surface area (Å²) in [5, 5.41) is 0. The maximum Gasteiger partial charge on any atom is 0.250 e.